The monoisotopic (exact) mass is 335 g/mol. The zero-order valence-corrected chi connectivity index (χ0v) is 14.3. The van der Waals surface area contributed by atoms with Crippen molar-refractivity contribution in [1.29, 1.82) is 0 Å². The molecule has 1 amide bonds. The van der Waals surface area contributed by atoms with Crippen molar-refractivity contribution in [2.45, 2.75) is 39.2 Å². The Hall–Kier alpha value is -1.73. The molecule has 0 spiro atoms. The van der Waals surface area contributed by atoms with E-state index in [1.165, 1.54) is 9.75 Å². The maximum absolute atomic E-state index is 12.4. The van der Waals surface area contributed by atoms with Crippen LogP contribution in [0.5, 0.6) is 0 Å². The summed E-state index contributed by atoms with van der Waals surface area (Å²) in [5, 5.41) is 3.89. The second-order valence-corrected chi connectivity index (χ2v) is 7.11. The van der Waals surface area contributed by atoms with Crippen LogP contribution >= 0.6 is 11.3 Å². The lowest BCUT2D eigenvalue weighted by molar-refractivity contribution is -0.139. The lowest BCUT2D eigenvalue weighted by atomic mass is 10.1. The van der Waals surface area contributed by atoms with Gasteiger partial charge in [-0.2, -0.15) is 4.98 Å². The Morgan fingerprint density at radius 1 is 1.43 bits per heavy atom. The van der Waals surface area contributed by atoms with Gasteiger partial charge in [0.1, 0.15) is 6.10 Å². The van der Waals surface area contributed by atoms with Crippen molar-refractivity contribution in [2.75, 3.05) is 19.7 Å². The average Bonchev–Trinajstić information content (AvgIpc) is 3.16. The predicted molar refractivity (Wildman–Crippen MR) is 86.3 cm³/mol. The summed E-state index contributed by atoms with van der Waals surface area (Å²) in [5.41, 5.74) is 0. The lowest BCUT2D eigenvalue weighted by Crippen LogP contribution is -2.42. The number of carbonyl (C=O) groups is 1. The molecule has 2 aromatic rings. The normalized spacial score (nSPS) is 18.3. The van der Waals surface area contributed by atoms with E-state index in [9.17, 15) is 4.79 Å². The number of nitrogens with zero attached hydrogens (tertiary/aromatic N) is 3. The van der Waals surface area contributed by atoms with E-state index in [2.05, 4.69) is 29.2 Å². The van der Waals surface area contributed by atoms with Crippen LogP contribution in [0.25, 0.3) is 0 Å². The maximum atomic E-state index is 12.4. The number of ether oxygens (including phenoxy) is 1. The molecule has 2 aromatic heterocycles. The van der Waals surface area contributed by atoms with Gasteiger partial charge in [0.15, 0.2) is 0 Å². The van der Waals surface area contributed by atoms with E-state index in [1.807, 2.05) is 4.90 Å². The van der Waals surface area contributed by atoms with Crippen LogP contribution in [0, 0.1) is 13.8 Å². The molecule has 1 aliphatic rings. The van der Waals surface area contributed by atoms with Crippen molar-refractivity contribution < 1.29 is 14.1 Å². The fourth-order valence-corrected chi connectivity index (χ4v) is 3.60. The summed E-state index contributed by atoms with van der Waals surface area (Å²) in [5.74, 6) is 1.21. The van der Waals surface area contributed by atoms with Crippen molar-refractivity contribution in [3.63, 3.8) is 0 Å². The fraction of sp³-hybridized carbons (Fsp3) is 0.562. The zero-order chi connectivity index (χ0) is 16.2. The Balaban J connectivity index is 1.48. The first-order valence-electron chi connectivity index (χ1n) is 7.87. The Morgan fingerprint density at radius 2 is 2.30 bits per heavy atom. The first kappa shape index (κ1) is 16.1. The molecule has 1 atom stereocenters. The molecule has 3 rings (SSSR count). The Labute approximate surface area is 139 Å². The van der Waals surface area contributed by atoms with E-state index >= 15 is 0 Å². The minimum Gasteiger partial charge on any atom is -0.366 e. The smallest absolute Gasteiger partial charge is 0.223 e. The molecule has 124 valence electrons. The van der Waals surface area contributed by atoms with Crippen molar-refractivity contribution in [2.24, 2.45) is 0 Å². The number of hydrogen-bond donors (Lipinski definition) is 0. The van der Waals surface area contributed by atoms with Gasteiger partial charge in [-0.3, -0.25) is 4.79 Å². The van der Waals surface area contributed by atoms with Gasteiger partial charge in [0.25, 0.3) is 0 Å². The van der Waals surface area contributed by atoms with Crippen LogP contribution in [0.1, 0.15) is 40.4 Å². The highest BCUT2D eigenvalue weighted by Crippen LogP contribution is 2.21. The number of morpholine rings is 1. The molecule has 1 saturated heterocycles. The largest absolute Gasteiger partial charge is 0.366 e. The first-order valence-corrected chi connectivity index (χ1v) is 8.68. The molecule has 7 heteroatoms. The average molecular weight is 335 g/mol. The van der Waals surface area contributed by atoms with Gasteiger partial charge in [-0.1, -0.05) is 5.16 Å². The molecule has 0 unspecified atom stereocenters. The highest BCUT2D eigenvalue weighted by molar-refractivity contribution is 7.11. The molecular weight excluding hydrogens is 314 g/mol. The molecule has 0 aliphatic carbocycles. The van der Waals surface area contributed by atoms with Gasteiger partial charge in [0.2, 0.25) is 17.6 Å². The summed E-state index contributed by atoms with van der Waals surface area (Å²) in [4.78, 5) is 21.1. The standard InChI is InChI=1S/C16H21N3O3S/c1-11-6-7-13(23-11)4-3-5-15(20)19-8-9-21-14(10-19)16-17-12(2)22-18-16/h6-7,14H,3-5,8-10H2,1-2H3/t14-/m1/s1. The van der Waals surface area contributed by atoms with Crippen LogP contribution in [0.2, 0.25) is 0 Å². The van der Waals surface area contributed by atoms with E-state index in [0.29, 0.717) is 37.8 Å². The third kappa shape index (κ3) is 4.17. The van der Waals surface area contributed by atoms with E-state index in [4.69, 9.17) is 9.26 Å². The second-order valence-electron chi connectivity index (χ2n) is 5.74. The van der Waals surface area contributed by atoms with Crippen LogP contribution in [0.4, 0.5) is 0 Å². The van der Waals surface area contributed by atoms with Crippen molar-refractivity contribution in [1.82, 2.24) is 15.0 Å². The summed E-state index contributed by atoms with van der Waals surface area (Å²) in [6.07, 6.45) is 2.11. The predicted octanol–water partition coefficient (Wildman–Crippen LogP) is 2.67. The van der Waals surface area contributed by atoms with E-state index in [1.54, 1.807) is 18.3 Å². The van der Waals surface area contributed by atoms with Gasteiger partial charge in [-0.15, -0.1) is 11.3 Å². The van der Waals surface area contributed by atoms with E-state index in [0.717, 1.165) is 12.8 Å². The fourth-order valence-electron chi connectivity index (χ4n) is 2.67. The molecule has 3 heterocycles. The molecule has 1 aliphatic heterocycles. The molecule has 0 aromatic carbocycles. The van der Waals surface area contributed by atoms with Crippen molar-refractivity contribution >= 4 is 17.2 Å². The molecule has 0 bridgehead atoms. The summed E-state index contributed by atoms with van der Waals surface area (Å²) in [6.45, 7) is 5.48. The summed E-state index contributed by atoms with van der Waals surface area (Å²) < 4.78 is 10.6. The maximum Gasteiger partial charge on any atom is 0.223 e. The van der Waals surface area contributed by atoms with Gasteiger partial charge in [-0.25, -0.2) is 0 Å². The van der Waals surface area contributed by atoms with Crippen LogP contribution < -0.4 is 0 Å². The molecule has 0 saturated carbocycles. The number of aryl methyl sites for hydroxylation is 3. The molecular formula is C16H21N3O3S. The Bertz CT molecular complexity index is 667. The zero-order valence-electron chi connectivity index (χ0n) is 13.4. The molecule has 23 heavy (non-hydrogen) atoms. The lowest BCUT2D eigenvalue weighted by Gasteiger charge is -2.31. The number of hydrogen-bond acceptors (Lipinski definition) is 6. The second kappa shape index (κ2) is 7.23. The quantitative estimate of drug-likeness (QED) is 0.840. The number of amides is 1. The van der Waals surface area contributed by atoms with Crippen molar-refractivity contribution in [3.05, 3.63) is 33.6 Å². The van der Waals surface area contributed by atoms with Gasteiger partial charge in [0, 0.05) is 29.6 Å². The van der Waals surface area contributed by atoms with Crippen molar-refractivity contribution in [3.8, 4) is 0 Å². The molecule has 6 nitrogen and oxygen atoms in total. The van der Waals surface area contributed by atoms with Gasteiger partial charge < -0.3 is 14.2 Å². The number of carbonyl (C=O) groups excluding carboxylic acids is 1. The topological polar surface area (TPSA) is 68.5 Å². The van der Waals surface area contributed by atoms with Crippen LogP contribution in [-0.2, 0) is 16.0 Å². The van der Waals surface area contributed by atoms with Gasteiger partial charge >= 0.3 is 0 Å². The molecule has 1 fully saturated rings. The number of thiophene rings is 1. The minimum atomic E-state index is -0.287. The molecule has 0 radical (unpaired) electrons. The SMILES string of the molecule is Cc1nc([C@H]2CN(C(=O)CCCc3ccc(C)s3)CCO2)no1. The summed E-state index contributed by atoms with van der Waals surface area (Å²) in [6, 6.07) is 4.27. The highest BCUT2D eigenvalue weighted by Gasteiger charge is 2.28. The van der Waals surface area contributed by atoms with Gasteiger partial charge in [-0.05, 0) is 31.9 Å². The highest BCUT2D eigenvalue weighted by atomic mass is 32.1. The third-order valence-electron chi connectivity index (χ3n) is 3.86. The summed E-state index contributed by atoms with van der Waals surface area (Å²) >= 11 is 1.80. The first-order chi connectivity index (χ1) is 11.1. The third-order valence-corrected chi connectivity index (χ3v) is 4.92. The number of aromatic nitrogens is 2. The molecule has 0 N–H and O–H groups in total. The van der Waals surface area contributed by atoms with E-state index < -0.39 is 0 Å². The van der Waals surface area contributed by atoms with Crippen LogP contribution in [-0.4, -0.2) is 40.6 Å². The van der Waals surface area contributed by atoms with Crippen LogP contribution in [0.3, 0.4) is 0 Å². The van der Waals surface area contributed by atoms with E-state index in [-0.39, 0.29) is 12.0 Å². The summed E-state index contributed by atoms with van der Waals surface area (Å²) in [7, 11) is 0. The minimum absolute atomic E-state index is 0.173. The van der Waals surface area contributed by atoms with Crippen LogP contribution in [0.15, 0.2) is 16.7 Å². The Kier molecular flexibility index (Phi) is 5.07. The Morgan fingerprint density at radius 3 is 3.00 bits per heavy atom. The number of rotatable bonds is 5. The van der Waals surface area contributed by atoms with Gasteiger partial charge in [0.05, 0.1) is 13.2 Å².